The Morgan fingerprint density at radius 1 is 1.19 bits per heavy atom. The van der Waals surface area contributed by atoms with Crippen molar-refractivity contribution in [3.8, 4) is 0 Å². The van der Waals surface area contributed by atoms with Crippen LogP contribution in [0.1, 0.15) is 19.3 Å². The highest BCUT2D eigenvalue weighted by atomic mass is 32.2. The summed E-state index contributed by atoms with van der Waals surface area (Å²) in [4.78, 5) is 38.7. The van der Waals surface area contributed by atoms with E-state index >= 15 is 0 Å². The van der Waals surface area contributed by atoms with Crippen LogP contribution in [-0.4, -0.2) is 67.3 Å². The van der Waals surface area contributed by atoms with E-state index in [1.54, 1.807) is 0 Å². The quantitative estimate of drug-likeness (QED) is 0.514. The van der Waals surface area contributed by atoms with E-state index < -0.39 is 15.9 Å². The Labute approximate surface area is 152 Å². The van der Waals surface area contributed by atoms with Gasteiger partial charge in [-0.25, -0.2) is 12.7 Å². The number of allylic oxidation sites excluding steroid dienone is 2. The third-order valence-corrected chi connectivity index (χ3v) is 7.35. The first kappa shape index (κ1) is 17.7. The number of amides is 3. The van der Waals surface area contributed by atoms with Crippen LogP contribution in [0.25, 0.3) is 0 Å². The van der Waals surface area contributed by atoms with Gasteiger partial charge in [-0.2, -0.15) is 0 Å². The molecule has 4 aliphatic rings. The van der Waals surface area contributed by atoms with Crippen LogP contribution >= 0.6 is 0 Å². The summed E-state index contributed by atoms with van der Waals surface area (Å²) in [5.41, 5.74) is 0. The SMILES string of the molecule is CS(=O)(=O)N1CCCC(NC(=O)CN2C(=O)C3C4C=CC(C4)C3C2=O)C1. The van der Waals surface area contributed by atoms with E-state index in [0.717, 1.165) is 17.6 Å². The van der Waals surface area contributed by atoms with Gasteiger partial charge in [0, 0.05) is 19.1 Å². The van der Waals surface area contributed by atoms with Crippen molar-refractivity contribution in [3.63, 3.8) is 0 Å². The molecule has 2 aliphatic carbocycles. The molecule has 26 heavy (non-hydrogen) atoms. The lowest BCUT2D eigenvalue weighted by molar-refractivity contribution is -0.144. The molecule has 0 radical (unpaired) electrons. The normalized spacial score (nSPS) is 36.7. The lowest BCUT2D eigenvalue weighted by Gasteiger charge is -2.31. The molecule has 2 saturated heterocycles. The number of nitrogens with one attached hydrogen (secondary N) is 1. The molecule has 9 heteroatoms. The van der Waals surface area contributed by atoms with Crippen molar-refractivity contribution in [1.82, 2.24) is 14.5 Å². The average Bonchev–Trinajstić information content (AvgIpc) is 3.24. The molecular weight excluding hydrogens is 358 g/mol. The van der Waals surface area contributed by atoms with E-state index in [1.807, 2.05) is 12.2 Å². The second-order valence-electron chi connectivity index (χ2n) is 7.79. The number of likely N-dealkylation sites (tertiary alicyclic amines) is 1. The molecule has 0 aromatic rings. The Bertz CT molecular complexity index is 762. The summed E-state index contributed by atoms with van der Waals surface area (Å²) in [6.45, 7) is 0.401. The van der Waals surface area contributed by atoms with Crippen molar-refractivity contribution in [2.75, 3.05) is 25.9 Å². The molecule has 3 fully saturated rings. The lowest BCUT2D eigenvalue weighted by Crippen LogP contribution is -2.51. The molecule has 2 bridgehead atoms. The van der Waals surface area contributed by atoms with Gasteiger partial charge in [0.25, 0.3) is 0 Å². The van der Waals surface area contributed by atoms with Crippen LogP contribution < -0.4 is 5.32 Å². The van der Waals surface area contributed by atoms with Gasteiger partial charge in [-0.3, -0.25) is 19.3 Å². The number of carbonyl (C=O) groups is 3. The molecule has 142 valence electrons. The molecule has 3 amide bonds. The second kappa shape index (κ2) is 6.16. The summed E-state index contributed by atoms with van der Waals surface area (Å²) in [5, 5.41) is 2.79. The van der Waals surface area contributed by atoms with E-state index in [9.17, 15) is 22.8 Å². The van der Waals surface area contributed by atoms with Gasteiger partial charge >= 0.3 is 0 Å². The van der Waals surface area contributed by atoms with Gasteiger partial charge in [-0.15, -0.1) is 0 Å². The largest absolute Gasteiger partial charge is 0.350 e. The molecule has 4 rings (SSSR count). The molecule has 2 heterocycles. The third-order valence-electron chi connectivity index (χ3n) is 6.08. The molecule has 0 aromatic carbocycles. The van der Waals surface area contributed by atoms with Crippen LogP contribution in [0.3, 0.4) is 0 Å². The number of fused-ring (bicyclic) bond motifs is 5. The Balaban J connectivity index is 1.37. The summed E-state index contributed by atoms with van der Waals surface area (Å²) >= 11 is 0. The van der Waals surface area contributed by atoms with Gasteiger partial charge in [-0.1, -0.05) is 12.2 Å². The Morgan fingerprint density at radius 2 is 1.81 bits per heavy atom. The summed E-state index contributed by atoms with van der Waals surface area (Å²) in [6, 6.07) is -0.295. The molecular formula is C17H23N3O5S. The molecule has 1 N–H and O–H groups in total. The fourth-order valence-corrected chi connectivity index (χ4v) is 5.81. The highest BCUT2D eigenvalue weighted by molar-refractivity contribution is 7.88. The summed E-state index contributed by atoms with van der Waals surface area (Å²) < 4.78 is 24.7. The molecule has 2 aliphatic heterocycles. The molecule has 0 aromatic heterocycles. The van der Waals surface area contributed by atoms with E-state index in [2.05, 4.69) is 5.32 Å². The van der Waals surface area contributed by atoms with E-state index in [0.29, 0.717) is 19.4 Å². The van der Waals surface area contributed by atoms with Crippen molar-refractivity contribution in [2.45, 2.75) is 25.3 Å². The van der Waals surface area contributed by atoms with Gasteiger partial charge in [0.15, 0.2) is 0 Å². The first-order chi connectivity index (χ1) is 12.3. The predicted molar refractivity (Wildman–Crippen MR) is 92.0 cm³/mol. The number of sulfonamides is 1. The summed E-state index contributed by atoms with van der Waals surface area (Å²) in [7, 11) is -3.29. The van der Waals surface area contributed by atoms with Gasteiger partial charge < -0.3 is 5.32 Å². The van der Waals surface area contributed by atoms with Gasteiger partial charge in [0.2, 0.25) is 27.7 Å². The molecule has 5 atom stereocenters. The lowest BCUT2D eigenvalue weighted by atomic mass is 9.85. The number of nitrogens with zero attached hydrogens (tertiary/aromatic N) is 2. The zero-order valence-electron chi connectivity index (χ0n) is 14.6. The van der Waals surface area contributed by atoms with Gasteiger partial charge in [-0.05, 0) is 31.1 Å². The van der Waals surface area contributed by atoms with Crippen LogP contribution in [0.2, 0.25) is 0 Å². The van der Waals surface area contributed by atoms with Crippen LogP contribution in [0.4, 0.5) is 0 Å². The number of imide groups is 1. The second-order valence-corrected chi connectivity index (χ2v) is 9.77. The molecule has 8 nitrogen and oxygen atoms in total. The maximum Gasteiger partial charge on any atom is 0.240 e. The maximum absolute atomic E-state index is 12.6. The maximum atomic E-state index is 12.6. The zero-order valence-corrected chi connectivity index (χ0v) is 15.4. The third kappa shape index (κ3) is 2.87. The van der Waals surface area contributed by atoms with Crippen LogP contribution in [0.5, 0.6) is 0 Å². The number of carbonyl (C=O) groups excluding carboxylic acids is 3. The average molecular weight is 381 g/mol. The monoisotopic (exact) mass is 381 g/mol. The number of piperidine rings is 1. The Hall–Kier alpha value is -1.74. The number of hydrogen-bond donors (Lipinski definition) is 1. The van der Waals surface area contributed by atoms with Gasteiger partial charge in [0.05, 0.1) is 18.1 Å². The number of rotatable bonds is 4. The highest BCUT2D eigenvalue weighted by Crippen LogP contribution is 2.52. The topological polar surface area (TPSA) is 104 Å². The van der Waals surface area contributed by atoms with E-state index in [4.69, 9.17) is 0 Å². The van der Waals surface area contributed by atoms with E-state index in [-0.39, 0.29) is 54.6 Å². The van der Waals surface area contributed by atoms with Crippen molar-refractivity contribution < 1.29 is 22.8 Å². The first-order valence-electron chi connectivity index (χ1n) is 9.03. The van der Waals surface area contributed by atoms with Crippen molar-refractivity contribution in [2.24, 2.45) is 23.7 Å². The number of hydrogen-bond acceptors (Lipinski definition) is 5. The standard InChI is InChI=1S/C17H23N3O5S/c1-26(24,25)19-6-2-3-12(8-19)18-13(21)9-20-16(22)14-10-4-5-11(7-10)15(14)17(20)23/h4-5,10-12,14-15H,2-3,6-9H2,1H3,(H,18,21). The predicted octanol–water partition coefficient (Wildman–Crippen LogP) is -0.666. The smallest absolute Gasteiger partial charge is 0.240 e. The van der Waals surface area contributed by atoms with Crippen LogP contribution in [-0.2, 0) is 24.4 Å². The fourth-order valence-electron chi connectivity index (χ4n) is 4.90. The van der Waals surface area contributed by atoms with Crippen molar-refractivity contribution in [1.29, 1.82) is 0 Å². The first-order valence-corrected chi connectivity index (χ1v) is 10.9. The molecule has 1 saturated carbocycles. The summed E-state index contributed by atoms with van der Waals surface area (Å²) in [6.07, 6.45) is 7.39. The highest BCUT2D eigenvalue weighted by Gasteiger charge is 2.59. The molecule has 5 unspecified atom stereocenters. The minimum absolute atomic E-state index is 0.121. The minimum atomic E-state index is -3.29. The fraction of sp³-hybridized carbons (Fsp3) is 0.706. The summed E-state index contributed by atoms with van der Waals surface area (Å²) in [5.74, 6) is -1.26. The van der Waals surface area contributed by atoms with E-state index in [1.165, 1.54) is 4.31 Å². The Morgan fingerprint density at radius 3 is 2.38 bits per heavy atom. The zero-order chi connectivity index (χ0) is 18.6. The van der Waals surface area contributed by atoms with Crippen LogP contribution in [0, 0.1) is 23.7 Å². The van der Waals surface area contributed by atoms with Crippen molar-refractivity contribution >= 4 is 27.7 Å². The molecule has 0 spiro atoms. The van der Waals surface area contributed by atoms with Crippen molar-refractivity contribution in [3.05, 3.63) is 12.2 Å². The minimum Gasteiger partial charge on any atom is -0.350 e. The van der Waals surface area contributed by atoms with Gasteiger partial charge in [0.1, 0.15) is 6.54 Å². The van der Waals surface area contributed by atoms with Crippen LogP contribution in [0.15, 0.2) is 12.2 Å². The Kier molecular flexibility index (Phi) is 4.18.